The molecule has 0 bridgehead atoms. The minimum absolute atomic E-state index is 0.182. The quantitative estimate of drug-likeness (QED) is 0.0422. The minimum atomic E-state index is -0.607. The molecule has 0 saturated carbocycles. The summed E-state index contributed by atoms with van der Waals surface area (Å²) < 4.78 is 17.0. The number of halogens is 3. The number of carbonyl (C=O) groups is 10. The minimum Gasteiger partial charge on any atom is -0.465 e. The Labute approximate surface area is 514 Å². The fraction of sp³-hybridized carbons (Fsp3) is 0.193. The van der Waals surface area contributed by atoms with Crippen molar-refractivity contribution in [3.05, 3.63) is 151 Å². The van der Waals surface area contributed by atoms with Crippen molar-refractivity contribution in [2.45, 2.75) is 41.5 Å². The van der Waals surface area contributed by atoms with Crippen molar-refractivity contribution in [2.24, 2.45) is 0 Å². The maximum absolute atomic E-state index is 12.7. The van der Waals surface area contributed by atoms with E-state index in [1.807, 2.05) is 72.8 Å². The first-order valence-electron chi connectivity index (χ1n) is 24.1. The third kappa shape index (κ3) is 14.4. The van der Waals surface area contributed by atoms with Crippen LogP contribution in [0.15, 0.2) is 72.8 Å². The first-order valence-corrected chi connectivity index (χ1v) is 30.1. The number of methoxy groups -OCH3 is 3. The number of nitrogens with zero attached hydrogens (tertiary/aromatic N) is 1. The molecule has 17 nitrogen and oxygen atoms in total. The van der Waals surface area contributed by atoms with E-state index in [1.165, 1.54) is 81.0 Å². The Bertz CT molecular complexity index is 3670. The lowest BCUT2D eigenvalue weighted by molar-refractivity contribution is -0.115. The predicted molar refractivity (Wildman–Crippen MR) is 335 cm³/mol. The van der Waals surface area contributed by atoms with Crippen molar-refractivity contribution in [3.63, 3.8) is 0 Å². The molecule has 4 amide bonds. The maximum atomic E-state index is 12.7. The zero-order chi connectivity index (χ0) is 61.3. The number of hydrogen-bond donors (Lipinski definition) is 3. The molecule has 0 aliphatic rings. The Morgan fingerprint density at radius 1 is 0.422 bits per heavy atom. The Morgan fingerprint density at radius 2 is 0.651 bits per heavy atom. The highest BCUT2D eigenvalue weighted by Gasteiger charge is 2.30. The lowest BCUT2D eigenvalue weighted by atomic mass is 10.1. The van der Waals surface area contributed by atoms with E-state index >= 15 is 0 Å². The normalized spacial score (nSPS) is 10.5. The number of Topliss-reactive ketones (excluding diaryl/α,β-unsaturated/α-hetero) is 3. The van der Waals surface area contributed by atoms with E-state index < -0.39 is 35.6 Å². The van der Waals surface area contributed by atoms with Crippen molar-refractivity contribution in [1.29, 1.82) is 0 Å². The summed E-state index contributed by atoms with van der Waals surface area (Å²) >= 11 is 26.0. The van der Waals surface area contributed by atoms with E-state index in [0.29, 0.717) is 61.0 Å². The van der Waals surface area contributed by atoms with Gasteiger partial charge in [0.25, 0.3) is 17.7 Å². The summed E-state index contributed by atoms with van der Waals surface area (Å²) in [7, 11) is 7.13. The van der Waals surface area contributed by atoms with Crippen LogP contribution in [0, 0.1) is 20.8 Å². The molecule has 432 valence electrons. The molecule has 26 heteroatoms. The molecule has 6 heterocycles. The zero-order valence-corrected chi connectivity index (χ0v) is 53.0. The Hall–Kier alpha value is -7.19. The van der Waals surface area contributed by atoms with Crippen molar-refractivity contribution in [1.82, 2.24) is 4.90 Å². The second-order valence-electron chi connectivity index (χ2n) is 17.6. The molecule has 0 atom stereocenters. The van der Waals surface area contributed by atoms with E-state index in [4.69, 9.17) is 49.0 Å². The summed E-state index contributed by atoms with van der Waals surface area (Å²) in [4.78, 5) is 123. The van der Waals surface area contributed by atoms with Crippen molar-refractivity contribution in [2.75, 3.05) is 51.4 Å². The molecule has 9 rings (SSSR count). The number of esters is 3. The second kappa shape index (κ2) is 28.4. The van der Waals surface area contributed by atoms with Gasteiger partial charge in [0.2, 0.25) is 6.41 Å². The molecule has 9 aromatic rings. The van der Waals surface area contributed by atoms with Gasteiger partial charge in [0.1, 0.15) is 29.6 Å². The molecule has 0 saturated heterocycles. The monoisotopic (exact) mass is 1290 g/mol. The topological polar surface area (TPSA) is 238 Å². The van der Waals surface area contributed by atoms with Gasteiger partial charge >= 0.3 is 17.9 Å². The van der Waals surface area contributed by atoms with Gasteiger partial charge in [0, 0.05) is 44.4 Å². The summed E-state index contributed by atoms with van der Waals surface area (Å²) in [6.45, 7) is 9.20. The molecule has 0 spiro atoms. The van der Waals surface area contributed by atoms with Crippen molar-refractivity contribution < 1.29 is 62.2 Å². The van der Waals surface area contributed by atoms with Gasteiger partial charge in [-0.2, -0.15) is 0 Å². The summed E-state index contributed by atoms with van der Waals surface area (Å²) in [5.41, 5.74) is 2.04. The molecule has 0 aliphatic carbocycles. The third-order valence-electron chi connectivity index (χ3n) is 11.7. The lowest BCUT2D eigenvalue weighted by Crippen LogP contribution is -2.13. The third-order valence-corrected chi connectivity index (χ3v) is 20.6. The molecular weight excluding hydrogens is 1250 g/mol. The van der Waals surface area contributed by atoms with Crippen LogP contribution >= 0.6 is 103 Å². The van der Waals surface area contributed by atoms with Crippen LogP contribution in [0.4, 0.5) is 15.0 Å². The van der Waals surface area contributed by atoms with Crippen LogP contribution in [0.5, 0.6) is 0 Å². The summed E-state index contributed by atoms with van der Waals surface area (Å²) in [6, 6.07) is 22.3. The predicted octanol–water partition coefficient (Wildman–Crippen LogP) is 15.2. The van der Waals surface area contributed by atoms with Gasteiger partial charge < -0.3 is 35.1 Å². The number of hydrogen-bond acceptors (Lipinski definition) is 19. The molecule has 83 heavy (non-hydrogen) atoms. The summed E-state index contributed by atoms with van der Waals surface area (Å²) in [5.74, 6) is -3.67. The van der Waals surface area contributed by atoms with Gasteiger partial charge in [-0.15, -0.1) is 68.0 Å². The van der Waals surface area contributed by atoms with Crippen molar-refractivity contribution >= 4 is 207 Å². The number of ketones is 3. The van der Waals surface area contributed by atoms with E-state index in [-0.39, 0.29) is 49.0 Å². The molecule has 6 aromatic heterocycles. The standard InChI is InChI=1S/3C18H14ClNO4S2.C3H7NO/c3*1-8-12(18(23)24-3)17(26-14(8)9(2)21)20-16(22)15-13(19)10-6-4-5-7-11(10)25-15;1-4(2)3-5/h3*4-7H,1-3H3,(H,20,22);3H,1-2H3. The fourth-order valence-electron chi connectivity index (χ4n) is 7.82. The average molecular weight is 1300 g/mol. The fourth-order valence-corrected chi connectivity index (χ4v) is 15.3. The van der Waals surface area contributed by atoms with Crippen molar-refractivity contribution in [3.8, 4) is 0 Å². The molecule has 0 fully saturated rings. The van der Waals surface area contributed by atoms with E-state index in [9.17, 15) is 47.9 Å². The Kier molecular flexibility index (Phi) is 22.2. The molecular formula is C57H49Cl3N4O13S6. The van der Waals surface area contributed by atoms with Crippen LogP contribution in [0.1, 0.15) is 127 Å². The number of nitrogens with one attached hydrogen (secondary N) is 3. The smallest absolute Gasteiger partial charge is 0.341 e. The lowest BCUT2D eigenvalue weighted by Gasteiger charge is -2.05. The highest BCUT2D eigenvalue weighted by molar-refractivity contribution is 7.23. The largest absolute Gasteiger partial charge is 0.465 e. The molecule has 0 unspecified atom stereocenters. The molecule has 0 aliphatic heterocycles. The van der Waals surface area contributed by atoms with Crippen LogP contribution in [0.3, 0.4) is 0 Å². The van der Waals surface area contributed by atoms with Gasteiger partial charge in [0.15, 0.2) is 17.3 Å². The van der Waals surface area contributed by atoms with Crippen LogP contribution in [0.25, 0.3) is 30.3 Å². The van der Waals surface area contributed by atoms with Crippen LogP contribution in [0.2, 0.25) is 15.1 Å². The van der Waals surface area contributed by atoms with Gasteiger partial charge in [-0.3, -0.25) is 33.6 Å². The Morgan fingerprint density at radius 3 is 0.843 bits per heavy atom. The average Bonchev–Trinajstić information content (AvgIpc) is 3.88. The molecule has 3 aromatic carbocycles. The van der Waals surface area contributed by atoms with Crippen LogP contribution in [-0.4, -0.2) is 99.7 Å². The number of fused-ring (bicyclic) bond motifs is 3. The van der Waals surface area contributed by atoms with Gasteiger partial charge in [-0.25, -0.2) is 14.4 Å². The number of amides is 4. The van der Waals surface area contributed by atoms with Crippen LogP contribution < -0.4 is 16.0 Å². The van der Waals surface area contributed by atoms with Gasteiger partial charge in [0.05, 0.1) is 67.7 Å². The number of carbonyl (C=O) groups excluding carboxylic acids is 10. The first kappa shape index (κ1) is 65.0. The van der Waals surface area contributed by atoms with E-state index in [0.717, 1.165) is 70.7 Å². The highest BCUT2D eigenvalue weighted by Crippen LogP contribution is 2.42. The van der Waals surface area contributed by atoms with Gasteiger partial charge in [-0.1, -0.05) is 89.4 Å². The second-order valence-corrected chi connectivity index (χ2v) is 24.9. The number of ether oxygens (including phenoxy) is 3. The number of anilines is 3. The van der Waals surface area contributed by atoms with E-state index in [2.05, 4.69) is 16.0 Å². The number of thiophene rings is 6. The van der Waals surface area contributed by atoms with Crippen LogP contribution in [-0.2, 0) is 19.0 Å². The summed E-state index contributed by atoms with van der Waals surface area (Å²) in [5, 5.41) is 12.4. The van der Waals surface area contributed by atoms with E-state index in [1.54, 1.807) is 34.9 Å². The first-order chi connectivity index (χ1) is 39.3. The SMILES string of the molecule is CN(C)C=O.COC(=O)c1c(NC(=O)c2sc3ccccc3c2Cl)sc(C(C)=O)c1C.COC(=O)c1c(NC(=O)c2sc3ccccc3c2Cl)sc(C(C)=O)c1C.COC(=O)c1c(NC(=O)c2sc3ccccc3c2Cl)sc(C(C)=O)c1C. The number of benzene rings is 3. The molecule has 0 radical (unpaired) electrons. The van der Waals surface area contributed by atoms with Gasteiger partial charge in [-0.05, 0) is 76.4 Å². The maximum Gasteiger partial charge on any atom is 0.341 e. The Balaban J connectivity index is 0.000000192. The number of rotatable bonds is 13. The summed E-state index contributed by atoms with van der Waals surface area (Å²) in [6.07, 6.45) is 0.750. The molecule has 3 N–H and O–H groups in total. The zero-order valence-electron chi connectivity index (χ0n) is 45.8. The highest BCUT2D eigenvalue weighted by atomic mass is 35.5.